The molecule has 1 aromatic heterocycles. The molecule has 6 nitrogen and oxygen atoms in total. The summed E-state index contributed by atoms with van der Waals surface area (Å²) in [7, 11) is 0. The van der Waals surface area contributed by atoms with Crippen LogP contribution in [0.3, 0.4) is 0 Å². The lowest BCUT2D eigenvalue weighted by molar-refractivity contribution is -0.0498. The van der Waals surface area contributed by atoms with Gasteiger partial charge in [0.25, 0.3) is 5.91 Å². The van der Waals surface area contributed by atoms with E-state index in [4.69, 9.17) is 4.74 Å². The average molecular weight is 385 g/mol. The molecule has 4 rings (SSSR count). The van der Waals surface area contributed by atoms with Gasteiger partial charge in [-0.05, 0) is 23.3 Å². The van der Waals surface area contributed by atoms with Crippen molar-refractivity contribution in [3.63, 3.8) is 0 Å². The van der Waals surface area contributed by atoms with E-state index in [0.717, 1.165) is 11.1 Å². The van der Waals surface area contributed by atoms with E-state index in [0.29, 0.717) is 19.0 Å². The van der Waals surface area contributed by atoms with Crippen molar-refractivity contribution in [2.45, 2.75) is 19.2 Å². The summed E-state index contributed by atoms with van der Waals surface area (Å²) in [5.74, 6) is 0.265. The molecule has 0 aliphatic carbocycles. The van der Waals surface area contributed by atoms with Gasteiger partial charge in [0.2, 0.25) is 5.88 Å². The van der Waals surface area contributed by atoms with Crippen molar-refractivity contribution >= 4 is 5.91 Å². The Balaban J connectivity index is 1.59. The molecule has 1 aliphatic heterocycles. The molecule has 1 unspecified atom stereocenters. The van der Waals surface area contributed by atoms with Crippen LogP contribution in [-0.2, 0) is 6.54 Å². The zero-order valence-corrected chi connectivity index (χ0v) is 14.7. The molecule has 1 N–H and O–H groups in total. The third kappa shape index (κ3) is 3.80. The maximum Gasteiger partial charge on any atom is 0.387 e. The summed E-state index contributed by atoms with van der Waals surface area (Å²) in [5, 5.41) is 7.21. The maximum atomic E-state index is 12.8. The lowest BCUT2D eigenvalue weighted by atomic mass is 9.98. The van der Waals surface area contributed by atoms with Crippen LogP contribution in [0.5, 0.6) is 11.6 Å². The maximum absolute atomic E-state index is 12.8. The zero-order chi connectivity index (χ0) is 19.5. The Morgan fingerprint density at radius 2 is 1.82 bits per heavy atom. The SMILES string of the molecule is O=C(NC(c1ccccc1)c1ccc(OC(F)F)cc1)c1cc2n(n1)CCO2. The Bertz CT molecular complexity index is 937. The van der Waals surface area contributed by atoms with E-state index < -0.39 is 12.7 Å². The van der Waals surface area contributed by atoms with Crippen molar-refractivity contribution in [3.8, 4) is 11.6 Å². The van der Waals surface area contributed by atoms with E-state index in [-0.39, 0.29) is 17.4 Å². The van der Waals surface area contributed by atoms with Gasteiger partial charge in [-0.15, -0.1) is 0 Å². The number of amides is 1. The number of nitrogens with one attached hydrogen (secondary N) is 1. The minimum absolute atomic E-state index is 0.0552. The number of ether oxygens (including phenoxy) is 2. The molecule has 8 heteroatoms. The molecule has 2 heterocycles. The van der Waals surface area contributed by atoms with Crippen LogP contribution in [0.2, 0.25) is 0 Å². The highest BCUT2D eigenvalue weighted by Gasteiger charge is 2.23. The van der Waals surface area contributed by atoms with Crippen LogP contribution in [0, 0.1) is 0 Å². The van der Waals surface area contributed by atoms with Gasteiger partial charge >= 0.3 is 6.61 Å². The Kier molecular flexibility index (Phi) is 4.92. The second-order valence-corrected chi connectivity index (χ2v) is 6.20. The molecule has 144 valence electrons. The highest BCUT2D eigenvalue weighted by Crippen LogP contribution is 2.26. The number of carbonyl (C=O) groups is 1. The predicted molar refractivity (Wildman–Crippen MR) is 96.5 cm³/mol. The average Bonchev–Trinajstić information content (AvgIpc) is 3.29. The number of halogens is 2. The quantitative estimate of drug-likeness (QED) is 0.706. The number of alkyl halides is 2. The van der Waals surface area contributed by atoms with E-state index in [2.05, 4.69) is 15.2 Å². The van der Waals surface area contributed by atoms with Gasteiger partial charge in [0.05, 0.1) is 12.6 Å². The number of benzene rings is 2. The number of rotatable bonds is 6. The van der Waals surface area contributed by atoms with Gasteiger partial charge in [0.15, 0.2) is 5.69 Å². The summed E-state index contributed by atoms with van der Waals surface area (Å²) in [4.78, 5) is 12.8. The fourth-order valence-corrected chi connectivity index (χ4v) is 3.08. The normalized spacial score (nSPS) is 13.7. The van der Waals surface area contributed by atoms with Crippen molar-refractivity contribution in [2.24, 2.45) is 0 Å². The third-order valence-electron chi connectivity index (χ3n) is 4.38. The summed E-state index contributed by atoms with van der Waals surface area (Å²) >= 11 is 0. The van der Waals surface area contributed by atoms with Crippen LogP contribution in [0.1, 0.15) is 27.7 Å². The monoisotopic (exact) mass is 385 g/mol. The molecule has 0 saturated heterocycles. The van der Waals surface area contributed by atoms with Gasteiger partial charge in [0, 0.05) is 6.07 Å². The zero-order valence-electron chi connectivity index (χ0n) is 14.7. The second kappa shape index (κ2) is 7.67. The summed E-state index contributed by atoms with van der Waals surface area (Å²) < 4.78 is 36.2. The van der Waals surface area contributed by atoms with Gasteiger partial charge in [-0.2, -0.15) is 13.9 Å². The van der Waals surface area contributed by atoms with E-state index in [1.54, 1.807) is 22.9 Å². The first-order valence-electron chi connectivity index (χ1n) is 8.71. The van der Waals surface area contributed by atoms with Gasteiger partial charge in [-0.25, -0.2) is 4.68 Å². The van der Waals surface area contributed by atoms with Crippen LogP contribution in [0.15, 0.2) is 60.7 Å². The van der Waals surface area contributed by atoms with Crippen LogP contribution in [0.4, 0.5) is 8.78 Å². The lowest BCUT2D eigenvalue weighted by Gasteiger charge is -2.20. The van der Waals surface area contributed by atoms with E-state index >= 15 is 0 Å². The first-order chi connectivity index (χ1) is 13.6. The summed E-state index contributed by atoms with van der Waals surface area (Å²) in [6, 6.07) is 16.7. The second-order valence-electron chi connectivity index (χ2n) is 6.20. The lowest BCUT2D eigenvalue weighted by Crippen LogP contribution is -2.29. The van der Waals surface area contributed by atoms with E-state index in [9.17, 15) is 13.6 Å². The van der Waals surface area contributed by atoms with Crippen molar-refractivity contribution in [2.75, 3.05) is 6.61 Å². The molecule has 0 bridgehead atoms. The minimum atomic E-state index is -2.89. The van der Waals surface area contributed by atoms with Crippen molar-refractivity contribution in [1.82, 2.24) is 15.1 Å². The summed E-state index contributed by atoms with van der Waals surface area (Å²) in [6.45, 7) is -1.74. The van der Waals surface area contributed by atoms with Gasteiger partial charge in [0.1, 0.15) is 12.4 Å². The molecular formula is C20H17F2N3O3. The van der Waals surface area contributed by atoms with Gasteiger partial charge < -0.3 is 14.8 Å². The van der Waals surface area contributed by atoms with Crippen molar-refractivity contribution < 1.29 is 23.0 Å². The van der Waals surface area contributed by atoms with E-state index in [1.807, 2.05) is 30.3 Å². The van der Waals surface area contributed by atoms with Crippen molar-refractivity contribution in [3.05, 3.63) is 77.5 Å². The van der Waals surface area contributed by atoms with E-state index in [1.165, 1.54) is 12.1 Å². The molecule has 1 amide bonds. The van der Waals surface area contributed by atoms with Gasteiger partial charge in [-0.1, -0.05) is 42.5 Å². The topological polar surface area (TPSA) is 65.4 Å². The molecule has 0 fully saturated rings. The smallest absolute Gasteiger partial charge is 0.387 e. The Morgan fingerprint density at radius 1 is 1.11 bits per heavy atom. The third-order valence-corrected chi connectivity index (χ3v) is 4.38. The Labute approximate surface area is 159 Å². The molecule has 0 spiro atoms. The molecule has 1 atom stereocenters. The predicted octanol–water partition coefficient (Wildman–Crippen LogP) is 3.40. The number of hydrogen-bond acceptors (Lipinski definition) is 4. The first kappa shape index (κ1) is 18.0. The molecule has 3 aromatic rings. The molecule has 2 aromatic carbocycles. The highest BCUT2D eigenvalue weighted by atomic mass is 19.3. The fraction of sp³-hybridized carbons (Fsp3) is 0.200. The molecule has 0 saturated carbocycles. The Morgan fingerprint density at radius 3 is 2.50 bits per heavy atom. The molecule has 1 aliphatic rings. The fourth-order valence-electron chi connectivity index (χ4n) is 3.08. The molecule has 28 heavy (non-hydrogen) atoms. The van der Waals surface area contributed by atoms with Crippen LogP contribution in [0.25, 0.3) is 0 Å². The number of fused-ring (bicyclic) bond motifs is 1. The molecule has 0 radical (unpaired) electrons. The van der Waals surface area contributed by atoms with Crippen molar-refractivity contribution in [1.29, 1.82) is 0 Å². The number of nitrogens with zero attached hydrogens (tertiary/aromatic N) is 2. The van der Waals surface area contributed by atoms with Crippen LogP contribution >= 0.6 is 0 Å². The number of hydrogen-bond donors (Lipinski definition) is 1. The summed E-state index contributed by atoms with van der Waals surface area (Å²) in [5.41, 5.74) is 1.83. The largest absolute Gasteiger partial charge is 0.476 e. The number of aromatic nitrogens is 2. The highest BCUT2D eigenvalue weighted by molar-refractivity contribution is 5.93. The Hall–Kier alpha value is -3.42. The standard InChI is InChI=1S/C20H17F2N3O3/c21-20(22)28-15-8-6-14(7-9-15)18(13-4-2-1-3-5-13)23-19(26)16-12-17-25(24-16)10-11-27-17/h1-9,12,18,20H,10-11H2,(H,23,26). The van der Waals surface area contributed by atoms with Gasteiger partial charge in [-0.3, -0.25) is 4.79 Å². The molecular weight excluding hydrogens is 368 g/mol. The number of carbonyl (C=O) groups excluding carboxylic acids is 1. The minimum Gasteiger partial charge on any atom is -0.476 e. The van der Waals surface area contributed by atoms with Crippen LogP contribution < -0.4 is 14.8 Å². The van der Waals surface area contributed by atoms with Crippen LogP contribution in [-0.4, -0.2) is 28.9 Å². The first-order valence-corrected chi connectivity index (χ1v) is 8.71. The summed E-state index contributed by atoms with van der Waals surface area (Å²) in [6.07, 6.45) is 0.